The fourth-order valence-electron chi connectivity index (χ4n) is 2.32. The van der Waals surface area contributed by atoms with Gasteiger partial charge in [-0.05, 0) is 53.7 Å². The lowest BCUT2D eigenvalue weighted by Gasteiger charge is -2.14. The number of aliphatic hydroxyl groups is 2. The highest BCUT2D eigenvalue weighted by molar-refractivity contribution is 5.94. The molecule has 1 aliphatic rings. The fraction of sp³-hybridized carbons (Fsp3) is 0.333. The van der Waals surface area contributed by atoms with Crippen LogP contribution in [-0.2, 0) is 9.57 Å². The number of aliphatic hydroxyl groups excluding tert-OH is 2. The average molecular weight is 434 g/mol. The Balaban J connectivity index is 0.000000225. The summed E-state index contributed by atoms with van der Waals surface area (Å²) in [5, 5.41) is 29.3. The van der Waals surface area contributed by atoms with Crippen molar-refractivity contribution in [2.75, 3.05) is 26.4 Å². The monoisotopic (exact) mass is 434 g/mol. The lowest BCUT2D eigenvalue weighted by Crippen LogP contribution is -2.22. The van der Waals surface area contributed by atoms with Gasteiger partial charge < -0.3 is 29.3 Å². The van der Waals surface area contributed by atoms with E-state index in [-0.39, 0.29) is 26.4 Å². The van der Waals surface area contributed by atoms with Crippen molar-refractivity contribution in [1.29, 1.82) is 0 Å². The smallest absolute Gasteiger partial charge is 0.274 e. The quantitative estimate of drug-likeness (QED) is 0.364. The van der Waals surface area contributed by atoms with Gasteiger partial charge in [-0.15, -0.1) is 0 Å². The molecule has 0 spiro atoms. The number of ether oxygens (including phenoxy) is 3. The maximum atomic E-state index is 10.9. The zero-order chi connectivity index (χ0) is 22.7. The first-order chi connectivity index (χ1) is 14.9. The molecule has 10 heteroatoms. The summed E-state index contributed by atoms with van der Waals surface area (Å²) in [7, 11) is 0. The van der Waals surface area contributed by atoms with Gasteiger partial charge in [0.2, 0.25) is 0 Å². The van der Waals surface area contributed by atoms with Crippen LogP contribution in [0.25, 0.3) is 0 Å². The summed E-state index contributed by atoms with van der Waals surface area (Å²) in [5.41, 5.74) is 2.69. The standard InChI is InChI=1S/C12H15NO4.C9H11NO4/c1-12(2)16-11(13-17-12)9-3-5-10(6-4-9)15-8-7-14;11-5-6-14-8-3-1-7(2-4-8)9(12)10-13/h3-6,14H,7-8H2,1-2H3;1-4,11,13H,5-6H2,(H,10,12). The summed E-state index contributed by atoms with van der Waals surface area (Å²) in [6.07, 6.45) is 0. The predicted molar refractivity (Wildman–Crippen MR) is 110 cm³/mol. The second-order valence-electron chi connectivity index (χ2n) is 6.62. The maximum Gasteiger partial charge on any atom is 0.274 e. The second-order valence-corrected chi connectivity index (χ2v) is 6.62. The summed E-state index contributed by atoms with van der Waals surface area (Å²) < 4.78 is 15.8. The van der Waals surface area contributed by atoms with Crippen LogP contribution >= 0.6 is 0 Å². The first kappa shape index (κ1) is 23.9. The number of nitrogens with zero attached hydrogens (tertiary/aromatic N) is 1. The minimum atomic E-state index is -0.707. The highest BCUT2D eigenvalue weighted by atomic mass is 16.8. The van der Waals surface area contributed by atoms with Crippen LogP contribution in [-0.4, -0.2) is 59.4 Å². The van der Waals surface area contributed by atoms with Crippen molar-refractivity contribution < 1.29 is 39.3 Å². The molecule has 10 nitrogen and oxygen atoms in total. The molecule has 1 amide bonds. The molecule has 4 N–H and O–H groups in total. The molecule has 0 bridgehead atoms. The third-order valence-electron chi connectivity index (χ3n) is 3.73. The largest absolute Gasteiger partial charge is 0.491 e. The van der Waals surface area contributed by atoms with Crippen molar-refractivity contribution >= 4 is 11.8 Å². The number of rotatable bonds is 8. The predicted octanol–water partition coefficient (Wildman–Crippen LogP) is 1.68. The van der Waals surface area contributed by atoms with E-state index in [1.807, 2.05) is 12.1 Å². The number of benzene rings is 2. The second kappa shape index (κ2) is 11.7. The Labute approximate surface area is 179 Å². The Hall–Kier alpha value is -3.34. The molecule has 0 unspecified atom stereocenters. The minimum Gasteiger partial charge on any atom is -0.491 e. The summed E-state index contributed by atoms with van der Waals surface area (Å²) in [6, 6.07) is 13.4. The molecule has 168 valence electrons. The van der Waals surface area contributed by atoms with Gasteiger partial charge in [0, 0.05) is 25.0 Å². The molecule has 0 atom stereocenters. The molecule has 1 heterocycles. The third-order valence-corrected chi connectivity index (χ3v) is 3.73. The number of amides is 1. The van der Waals surface area contributed by atoms with Crippen molar-refractivity contribution in [1.82, 2.24) is 5.48 Å². The molecule has 0 aromatic heterocycles. The molecule has 3 rings (SSSR count). The summed E-state index contributed by atoms with van der Waals surface area (Å²) in [5.74, 6) is 0.444. The molecular weight excluding hydrogens is 408 g/mol. The lowest BCUT2D eigenvalue weighted by molar-refractivity contribution is -0.128. The van der Waals surface area contributed by atoms with Gasteiger partial charge in [0.25, 0.3) is 17.6 Å². The fourth-order valence-corrected chi connectivity index (χ4v) is 2.32. The first-order valence-electron chi connectivity index (χ1n) is 9.46. The normalized spacial score (nSPS) is 13.6. The van der Waals surface area contributed by atoms with Gasteiger partial charge in [0.15, 0.2) is 0 Å². The number of oxime groups is 1. The SMILES string of the molecule is CC1(C)ON=C(c2ccc(OCCO)cc2)O1.O=C(NO)c1ccc(OCCO)cc1. The van der Waals surface area contributed by atoms with Gasteiger partial charge in [-0.3, -0.25) is 10.0 Å². The molecule has 0 saturated heterocycles. The number of carbonyl (C=O) groups excluding carboxylic acids is 1. The number of carbonyl (C=O) groups is 1. The van der Waals surface area contributed by atoms with Crippen molar-refractivity contribution in [2.24, 2.45) is 5.16 Å². The van der Waals surface area contributed by atoms with Gasteiger partial charge in [-0.25, -0.2) is 5.48 Å². The molecule has 0 aliphatic carbocycles. The van der Waals surface area contributed by atoms with E-state index in [1.54, 1.807) is 38.1 Å². The number of hydroxylamine groups is 1. The summed E-state index contributed by atoms with van der Waals surface area (Å²) in [6.45, 7) is 4.03. The molecule has 0 saturated carbocycles. The Morgan fingerprint density at radius 1 is 0.968 bits per heavy atom. The zero-order valence-electron chi connectivity index (χ0n) is 17.3. The van der Waals surface area contributed by atoms with Gasteiger partial charge >= 0.3 is 0 Å². The number of nitrogens with one attached hydrogen (secondary N) is 1. The highest BCUT2D eigenvalue weighted by Gasteiger charge is 2.30. The van der Waals surface area contributed by atoms with E-state index in [2.05, 4.69) is 5.16 Å². The molecular formula is C21H26N2O8. The Morgan fingerprint density at radius 3 is 1.90 bits per heavy atom. The summed E-state index contributed by atoms with van der Waals surface area (Å²) in [4.78, 5) is 16.0. The number of hydrogen-bond acceptors (Lipinski definition) is 9. The molecule has 31 heavy (non-hydrogen) atoms. The van der Waals surface area contributed by atoms with Crippen LogP contribution in [0.4, 0.5) is 0 Å². The van der Waals surface area contributed by atoms with E-state index in [1.165, 1.54) is 17.6 Å². The van der Waals surface area contributed by atoms with Crippen molar-refractivity contribution in [3.63, 3.8) is 0 Å². The van der Waals surface area contributed by atoms with Crippen LogP contribution in [0.1, 0.15) is 29.8 Å². The minimum absolute atomic E-state index is 0.000397. The molecule has 2 aromatic carbocycles. The van der Waals surface area contributed by atoms with Crippen molar-refractivity contribution in [3.05, 3.63) is 59.7 Å². The lowest BCUT2D eigenvalue weighted by atomic mass is 10.2. The topological polar surface area (TPSA) is 139 Å². The number of hydrogen-bond donors (Lipinski definition) is 4. The van der Waals surface area contributed by atoms with E-state index in [4.69, 9.17) is 34.5 Å². The highest BCUT2D eigenvalue weighted by Crippen LogP contribution is 2.23. The first-order valence-corrected chi connectivity index (χ1v) is 9.46. The van der Waals surface area contributed by atoms with Gasteiger partial charge in [-0.1, -0.05) is 0 Å². The maximum absolute atomic E-state index is 10.9. The molecule has 0 radical (unpaired) electrons. The van der Waals surface area contributed by atoms with E-state index in [0.29, 0.717) is 23.0 Å². The van der Waals surface area contributed by atoms with Crippen LogP contribution in [0.5, 0.6) is 11.5 Å². The Kier molecular flexibility index (Phi) is 9.07. The van der Waals surface area contributed by atoms with Crippen LogP contribution in [0.3, 0.4) is 0 Å². The van der Waals surface area contributed by atoms with Crippen molar-refractivity contribution in [2.45, 2.75) is 19.6 Å². The van der Waals surface area contributed by atoms with Gasteiger partial charge in [-0.2, -0.15) is 0 Å². The Bertz CT molecular complexity index is 851. The van der Waals surface area contributed by atoms with E-state index in [0.717, 1.165) is 5.56 Å². The van der Waals surface area contributed by atoms with Gasteiger partial charge in [0.05, 0.1) is 13.2 Å². The van der Waals surface area contributed by atoms with E-state index >= 15 is 0 Å². The van der Waals surface area contributed by atoms with E-state index < -0.39 is 11.7 Å². The molecule has 2 aromatic rings. The van der Waals surface area contributed by atoms with Crippen LogP contribution < -0.4 is 15.0 Å². The Morgan fingerprint density at radius 2 is 1.48 bits per heavy atom. The summed E-state index contributed by atoms with van der Waals surface area (Å²) >= 11 is 0. The van der Waals surface area contributed by atoms with E-state index in [9.17, 15) is 4.79 Å². The zero-order valence-corrected chi connectivity index (χ0v) is 17.3. The van der Waals surface area contributed by atoms with Crippen LogP contribution in [0.2, 0.25) is 0 Å². The van der Waals surface area contributed by atoms with Gasteiger partial charge in [0.1, 0.15) is 24.7 Å². The van der Waals surface area contributed by atoms with Crippen molar-refractivity contribution in [3.8, 4) is 11.5 Å². The average Bonchev–Trinajstić information content (AvgIpc) is 3.16. The molecule has 0 fully saturated rings. The molecule has 1 aliphatic heterocycles. The van der Waals surface area contributed by atoms with Crippen LogP contribution in [0.15, 0.2) is 53.7 Å². The third kappa shape index (κ3) is 7.78. The van der Waals surface area contributed by atoms with Crippen LogP contribution in [0, 0.1) is 0 Å².